The maximum absolute atomic E-state index is 3.91. The van der Waals surface area contributed by atoms with Crippen molar-refractivity contribution in [3.05, 3.63) is 35.4 Å². The van der Waals surface area contributed by atoms with E-state index in [0.717, 1.165) is 0 Å². The number of fused-ring (bicyclic) bond motifs is 1. The third kappa shape index (κ3) is 2.64. The predicted octanol–water partition coefficient (Wildman–Crippen LogP) is 3.67. The van der Waals surface area contributed by atoms with Crippen LogP contribution >= 0.6 is 0 Å². The van der Waals surface area contributed by atoms with Gasteiger partial charge in [-0.3, -0.25) is 4.90 Å². The standard InChI is InChI=1S/C19H28N2/c1-2-9-17-16(7-1)8-5-10-18(17)21-14-6-13-20-19(15-21)11-3-4-12-19/h1-2,7,9,18,20H,3-6,8,10-15H2. The first-order valence-corrected chi connectivity index (χ1v) is 8.93. The van der Waals surface area contributed by atoms with Gasteiger partial charge >= 0.3 is 0 Å². The summed E-state index contributed by atoms with van der Waals surface area (Å²) in [6.45, 7) is 3.75. The van der Waals surface area contributed by atoms with Gasteiger partial charge in [-0.1, -0.05) is 37.1 Å². The Labute approximate surface area is 128 Å². The Morgan fingerprint density at radius 3 is 2.81 bits per heavy atom. The van der Waals surface area contributed by atoms with Gasteiger partial charge in [0.15, 0.2) is 0 Å². The summed E-state index contributed by atoms with van der Waals surface area (Å²) < 4.78 is 0. The molecule has 2 nitrogen and oxygen atoms in total. The zero-order valence-corrected chi connectivity index (χ0v) is 13.1. The van der Waals surface area contributed by atoms with Crippen molar-refractivity contribution in [2.75, 3.05) is 19.6 Å². The number of hydrogen-bond donors (Lipinski definition) is 1. The Kier molecular flexibility index (Phi) is 3.76. The van der Waals surface area contributed by atoms with Gasteiger partial charge in [0, 0.05) is 24.7 Å². The molecular formula is C19H28N2. The molecule has 3 aliphatic rings. The molecular weight excluding hydrogens is 256 g/mol. The Balaban J connectivity index is 1.60. The minimum Gasteiger partial charge on any atom is -0.310 e. The number of nitrogens with zero attached hydrogens (tertiary/aromatic N) is 1. The first kappa shape index (κ1) is 13.8. The maximum Gasteiger partial charge on any atom is 0.0351 e. The van der Waals surface area contributed by atoms with Crippen LogP contribution in [-0.2, 0) is 6.42 Å². The summed E-state index contributed by atoms with van der Waals surface area (Å²) in [5, 5.41) is 3.91. The molecule has 114 valence electrons. The molecule has 1 heterocycles. The quantitative estimate of drug-likeness (QED) is 0.846. The van der Waals surface area contributed by atoms with Crippen molar-refractivity contribution in [3.63, 3.8) is 0 Å². The Hall–Kier alpha value is -0.860. The van der Waals surface area contributed by atoms with Gasteiger partial charge in [-0.05, 0) is 56.2 Å². The molecule has 2 heteroatoms. The molecule has 0 aromatic heterocycles. The number of rotatable bonds is 1. The smallest absolute Gasteiger partial charge is 0.0351 e. The monoisotopic (exact) mass is 284 g/mol. The summed E-state index contributed by atoms with van der Waals surface area (Å²) in [5.41, 5.74) is 3.66. The van der Waals surface area contributed by atoms with Gasteiger partial charge in [0.2, 0.25) is 0 Å². The second-order valence-electron chi connectivity index (χ2n) is 7.35. The summed E-state index contributed by atoms with van der Waals surface area (Å²) in [4.78, 5) is 2.82. The molecule has 1 saturated carbocycles. The lowest BCUT2D eigenvalue weighted by atomic mass is 9.85. The number of nitrogens with one attached hydrogen (secondary N) is 1. The van der Waals surface area contributed by atoms with Gasteiger partial charge in [0.05, 0.1) is 0 Å². The highest BCUT2D eigenvalue weighted by Crippen LogP contribution is 2.38. The van der Waals surface area contributed by atoms with Crippen LogP contribution in [0.1, 0.15) is 62.1 Å². The lowest BCUT2D eigenvalue weighted by Crippen LogP contribution is -2.50. The molecule has 2 fully saturated rings. The third-order valence-electron chi connectivity index (χ3n) is 5.97. The molecule has 1 aliphatic heterocycles. The van der Waals surface area contributed by atoms with E-state index in [0.29, 0.717) is 11.6 Å². The lowest BCUT2D eigenvalue weighted by molar-refractivity contribution is 0.143. The van der Waals surface area contributed by atoms with Gasteiger partial charge in [-0.25, -0.2) is 0 Å². The van der Waals surface area contributed by atoms with Crippen LogP contribution in [0.3, 0.4) is 0 Å². The summed E-state index contributed by atoms with van der Waals surface area (Å²) in [5.74, 6) is 0. The largest absolute Gasteiger partial charge is 0.310 e. The Bertz CT molecular complexity index is 490. The van der Waals surface area contributed by atoms with E-state index in [4.69, 9.17) is 0 Å². The van der Waals surface area contributed by atoms with Gasteiger partial charge in [0.1, 0.15) is 0 Å². The van der Waals surface area contributed by atoms with Crippen molar-refractivity contribution >= 4 is 0 Å². The van der Waals surface area contributed by atoms with Crippen molar-refractivity contribution in [3.8, 4) is 0 Å². The number of benzene rings is 1. The van der Waals surface area contributed by atoms with Crippen molar-refractivity contribution in [2.45, 2.75) is 62.9 Å². The topological polar surface area (TPSA) is 15.3 Å². The molecule has 1 unspecified atom stereocenters. The summed E-state index contributed by atoms with van der Waals surface area (Å²) >= 11 is 0. The highest BCUT2D eigenvalue weighted by molar-refractivity contribution is 5.32. The fourth-order valence-electron chi connectivity index (χ4n) is 4.92. The van der Waals surface area contributed by atoms with E-state index in [1.165, 1.54) is 71.0 Å². The Morgan fingerprint density at radius 1 is 1.05 bits per heavy atom. The number of aryl methyl sites for hydroxylation is 1. The fraction of sp³-hybridized carbons (Fsp3) is 0.684. The summed E-state index contributed by atoms with van der Waals surface area (Å²) in [7, 11) is 0. The minimum absolute atomic E-state index is 0.433. The van der Waals surface area contributed by atoms with E-state index in [9.17, 15) is 0 Å². The van der Waals surface area contributed by atoms with Crippen LogP contribution in [0.25, 0.3) is 0 Å². The molecule has 0 radical (unpaired) electrons. The molecule has 1 aromatic rings. The van der Waals surface area contributed by atoms with Gasteiger partial charge in [-0.15, -0.1) is 0 Å². The third-order valence-corrected chi connectivity index (χ3v) is 5.97. The highest BCUT2D eigenvalue weighted by atomic mass is 15.2. The first-order valence-electron chi connectivity index (χ1n) is 8.93. The molecule has 21 heavy (non-hydrogen) atoms. The van der Waals surface area contributed by atoms with Gasteiger partial charge < -0.3 is 5.32 Å². The average molecular weight is 284 g/mol. The van der Waals surface area contributed by atoms with Gasteiger partial charge in [0.25, 0.3) is 0 Å². The van der Waals surface area contributed by atoms with Crippen LogP contribution in [0.4, 0.5) is 0 Å². The molecule has 1 aromatic carbocycles. The van der Waals surface area contributed by atoms with E-state index in [-0.39, 0.29) is 0 Å². The Morgan fingerprint density at radius 2 is 1.90 bits per heavy atom. The van der Waals surface area contributed by atoms with E-state index < -0.39 is 0 Å². The molecule has 1 N–H and O–H groups in total. The highest BCUT2D eigenvalue weighted by Gasteiger charge is 2.39. The molecule has 0 bridgehead atoms. The lowest BCUT2D eigenvalue weighted by Gasteiger charge is -2.40. The van der Waals surface area contributed by atoms with Gasteiger partial charge in [-0.2, -0.15) is 0 Å². The van der Waals surface area contributed by atoms with Crippen LogP contribution in [0.15, 0.2) is 24.3 Å². The molecule has 4 rings (SSSR count). The zero-order chi connectivity index (χ0) is 14.1. The molecule has 0 amide bonds. The average Bonchev–Trinajstić information content (AvgIpc) is 2.87. The van der Waals surface area contributed by atoms with Crippen LogP contribution in [0, 0.1) is 0 Å². The second-order valence-corrected chi connectivity index (χ2v) is 7.35. The van der Waals surface area contributed by atoms with Crippen LogP contribution in [-0.4, -0.2) is 30.1 Å². The summed E-state index contributed by atoms with van der Waals surface area (Å²) in [6.07, 6.45) is 10.9. The fourth-order valence-corrected chi connectivity index (χ4v) is 4.92. The van der Waals surface area contributed by atoms with Crippen LogP contribution in [0.5, 0.6) is 0 Å². The molecule has 1 atom stereocenters. The molecule has 1 saturated heterocycles. The SMILES string of the molecule is c1ccc2c(c1)CCCC2N1CCCNC2(CCCC2)C1. The van der Waals surface area contributed by atoms with E-state index in [1.807, 2.05) is 0 Å². The van der Waals surface area contributed by atoms with Crippen LogP contribution in [0.2, 0.25) is 0 Å². The predicted molar refractivity (Wildman–Crippen MR) is 87.5 cm³/mol. The van der Waals surface area contributed by atoms with Crippen molar-refractivity contribution in [2.24, 2.45) is 0 Å². The first-order chi connectivity index (χ1) is 10.4. The van der Waals surface area contributed by atoms with Crippen molar-refractivity contribution < 1.29 is 0 Å². The summed E-state index contributed by atoms with van der Waals surface area (Å²) in [6, 6.07) is 9.86. The van der Waals surface area contributed by atoms with E-state index in [2.05, 4.69) is 34.5 Å². The second kappa shape index (κ2) is 5.73. The van der Waals surface area contributed by atoms with E-state index in [1.54, 1.807) is 11.1 Å². The minimum atomic E-state index is 0.433. The van der Waals surface area contributed by atoms with Crippen molar-refractivity contribution in [1.29, 1.82) is 0 Å². The molecule has 2 aliphatic carbocycles. The normalized spacial score (nSPS) is 29.2. The zero-order valence-electron chi connectivity index (χ0n) is 13.1. The molecule has 1 spiro atoms. The number of hydrogen-bond acceptors (Lipinski definition) is 2. The van der Waals surface area contributed by atoms with Crippen molar-refractivity contribution in [1.82, 2.24) is 10.2 Å². The van der Waals surface area contributed by atoms with Crippen LogP contribution < -0.4 is 5.32 Å². The maximum atomic E-state index is 3.91. The van der Waals surface area contributed by atoms with E-state index >= 15 is 0 Å².